The summed E-state index contributed by atoms with van der Waals surface area (Å²) in [4.78, 5) is 24.5. The molecule has 0 bridgehead atoms. The molecule has 0 aliphatic heterocycles. The third-order valence-corrected chi connectivity index (χ3v) is 4.84. The van der Waals surface area contributed by atoms with Crippen LogP contribution in [0.4, 0.5) is 0 Å². The highest BCUT2D eigenvalue weighted by molar-refractivity contribution is 5.97. The SMILES string of the molecule is COc1cccc2cc(C(=O)NCc3cc(=O)oc4cc(C)c(C)cc34)oc12. The van der Waals surface area contributed by atoms with E-state index in [9.17, 15) is 9.59 Å². The summed E-state index contributed by atoms with van der Waals surface area (Å²) in [5.41, 5.74) is 3.39. The summed E-state index contributed by atoms with van der Waals surface area (Å²) in [5, 5.41) is 4.39. The summed E-state index contributed by atoms with van der Waals surface area (Å²) in [5.74, 6) is 0.372. The van der Waals surface area contributed by atoms with Crippen LogP contribution in [0.25, 0.3) is 21.9 Å². The monoisotopic (exact) mass is 377 g/mol. The fraction of sp³-hybridized carbons (Fsp3) is 0.182. The molecule has 2 aromatic heterocycles. The minimum absolute atomic E-state index is 0.178. The lowest BCUT2D eigenvalue weighted by Gasteiger charge is -2.09. The number of fused-ring (bicyclic) bond motifs is 2. The van der Waals surface area contributed by atoms with Gasteiger partial charge in [-0.15, -0.1) is 0 Å². The third kappa shape index (κ3) is 3.13. The van der Waals surface area contributed by atoms with E-state index in [-0.39, 0.29) is 18.2 Å². The first kappa shape index (κ1) is 17.9. The van der Waals surface area contributed by atoms with E-state index in [4.69, 9.17) is 13.6 Å². The van der Waals surface area contributed by atoms with Crippen molar-refractivity contribution in [2.75, 3.05) is 7.11 Å². The van der Waals surface area contributed by atoms with E-state index >= 15 is 0 Å². The van der Waals surface area contributed by atoms with Crippen LogP contribution in [0, 0.1) is 13.8 Å². The number of benzene rings is 2. The van der Waals surface area contributed by atoms with Gasteiger partial charge in [0.1, 0.15) is 5.58 Å². The predicted molar refractivity (Wildman–Crippen MR) is 106 cm³/mol. The number of hydrogen-bond donors (Lipinski definition) is 1. The highest BCUT2D eigenvalue weighted by Crippen LogP contribution is 2.28. The van der Waals surface area contributed by atoms with E-state index in [0.29, 0.717) is 22.5 Å². The van der Waals surface area contributed by atoms with Crippen molar-refractivity contribution in [3.05, 3.63) is 75.3 Å². The normalized spacial score (nSPS) is 11.1. The number of para-hydroxylation sites is 1. The molecule has 0 spiro atoms. The topological polar surface area (TPSA) is 81.7 Å². The van der Waals surface area contributed by atoms with Crippen molar-refractivity contribution < 1.29 is 18.4 Å². The molecule has 142 valence electrons. The van der Waals surface area contributed by atoms with Gasteiger partial charge in [0.25, 0.3) is 5.91 Å². The fourth-order valence-electron chi connectivity index (χ4n) is 3.20. The Bertz CT molecular complexity index is 1270. The standard InChI is InChI=1S/C22H19NO5/c1-12-7-16-15(10-20(24)27-18(16)8-13(12)2)11-23-22(25)19-9-14-5-4-6-17(26-3)21(14)28-19/h4-10H,11H2,1-3H3,(H,23,25). The molecule has 1 N–H and O–H groups in total. The highest BCUT2D eigenvalue weighted by Gasteiger charge is 2.15. The van der Waals surface area contributed by atoms with Gasteiger partial charge in [0.15, 0.2) is 17.1 Å². The first-order valence-electron chi connectivity index (χ1n) is 8.85. The maximum absolute atomic E-state index is 12.6. The number of furan rings is 1. The van der Waals surface area contributed by atoms with Crippen molar-refractivity contribution in [2.24, 2.45) is 0 Å². The first-order chi connectivity index (χ1) is 13.5. The van der Waals surface area contributed by atoms with Crippen molar-refractivity contribution in [3.8, 4) is 5.75 Å². The van der Waals surface area contributed by atoms with Gasteiger partial charge in [0, 0.05) is 23.4 Å². The number of rotatable bonds is 4. The van der Waals surface area contributed by atoms with Gasteiger partial charge in [-0.25, -0.2) is 4.79 Å². The summed E-state index contributed by atoms with van der Waals surface area (Å²) in [6.07, 6.45) is 0. The summed E-state index contributed by atoms with van der Waals surface area (Å²) >= 11 is 0. The molecule has 1 amide bonds. The van der Waals surface area contributed by atoms with Crippen molar-refractivity contribution in [2.45, 2.75) is 20.4 Å². The van der Waals surface area contributed by atoms with Crippen LogP contribution in [0.3, 0.4) is 0 Å². The zero-order valence-electron chi connectivity index (χ0n) is 15.8. The number of nitrogens with one attached hydrogen (secondary N) is 1. The Balaban J connectivity index is 1.63. The molecule has 0 atom stereocenters. The van der Waals surface area contributed by atoms with Gasteiger partial charge >= 0.3 is 5.63 Å². The average molecular weight is 377 g/mol. The minimum Gasteiger partial charge on any atom is -0.493 e. The summed E-state index contributed by atoms with van der Waals surface area (Å²) < 4.78 is 16.2. The quantitative estimate of drug-likeness (QED) is 0.542. The Morgan fingerprint density at radius 1 is 1.07 bits per heavy atom. The predicted octanol–water partition coefficient (Wildman–Crippen LogP) is 4.09. The molecule has 2 heterocycles. The number of hydrogen-bond acceptors (Lipinski definition) is 5. The molecule has 0 aliphatic carbocycles. The first-order valence-corrected chi connectivity index (χ1v) is 8.85. The lowest BCUT2D eigenvalue weighted by molar-refractivity contribution is 0.0925. The smallest absolute Gasteiger partial charge is 0.336 e. The summed E-state index contributed by atoms with van der Waals surface area (Å²) in [6, 6.07) is 12.3. The summed E-state index contributed by atoms with van der Waals surface area (Å²) in [7, 11) is 1.55. The van der Waals surface area contributed by atoms with Crippen LogP contribution in [-0.4, -0.2) is 13.0 Å². The van der Waals surface area contributed by atoms with Gasteiger partial charge in [-0.05, 0) is 54.8 Å². The van der Waals surface area contributed by atoms with Gasteiger partial charge in [-0.2, -0.15) is 0 Å². The Hall–Kier alpha value is -3.54. The van der Waals surface area contributed by atoms with Gasteiger partial charge < -0.3 is 18.9 Å². The largest absolute Gasteiger partial charge is 0.493 e. The maximum atomic E-state index is 12.6. The maximum Gasteiger partial charge on any atom is 0.336 e. The van der Waals surface area contributed by atoms with E-state index in [1.807, 2.05) is 38.1 Å². The molecule has 4 aromatic rings. The Morgan fingerprint density at radius 3 is 2.64 bits per heavy atom. The van der Waals surface area contributed by atoms with Crippen LogP contribution >= 0.6 is 0 Å². The van der Waals surface area contributed by atoms with Crippen LogP contribution in [0.15, 0.2) is 56.1 Å². The molecule has 0 unspecified atom stereocenters. The highest BCUT2D eigenvalue weighted by atomic mass is 16.5. The lowest BCUT2D eigenvalue weighted by Crippen LogP contribution is -2.23. The van der Waals surface area contributed by atoms with Crippen LogP contribution in [-0.2, 0) is 6.54 Å². The van der Waals surface area contributed by atoms with Gasteiger partial charge in [-0.1, -0.05) is 12.1 Å². The molecule has 0 radical (unpaired) electrons. The molecule has 2 aromatic carbocycles. The van der Waals surface area contributed by atoms with Crippen molar-refractivity contribution in [1.82, 2.24) is 5.32 Å². The van der Waals surface area contributed by atoms with Crippen molar-refractivity contribution in [3.63, 3.8) is 0 Å². The second-order valence-electron chi connectivity index (χ2n) is 6.70. The van der Waals surface area contributed by atoms with Crippen LogP contribution in [0.2, 0.25) is 0 Å². The van der Waals surface area contributed by atoms with Gasteiger partial charge in [-0.3, -0.25) is 4.79 Å². The number of carbonyl (C=O) groups is 1. The molecule has 0 saturated heterocycles. The molecule has 4 rings (SSSR count). The van der Waals surface area contributed by atoms with E-state index in [2.05, 4.69) is 5.32 Å². The Labute approximate surface area is 160 Å². The number of ether oxygens (including phenoxy) is 1. The lowest BCUT2D eigenvalue weighted by atomic mass is 10.0. The van der Waals surface area contributed by atoms with Crippen molar-refractivity contribution in [1.29, 1.82) is 0 Å². The van der Waals surface area contributed by atoms with Crippen LogP contribution in [0.1, 0.15) is 27.2 Å². The number of carbonyl (C=O) groups excluding carboxylic acids is 1. The van der Waals surface area contributed by atoms with Crippen LogP contribution in [0.5, 0.6) is 5.75 Å². The van der Waals surface area contributed by atoms with E-state index < -0.39 is 5.63 Å². The zero-order chi connectivity index (χ0) is 19.8. The van der Waals surface area contributed by atoms with Gasteiger partial charge in [0.2, 0.25) is 0 Å². The molecule has 28 heavy (non-hydrogen) atoms. The number of methoxy groups -OCH3 is 1. The molecule has 0 aliphatic rings. The van der Waals surface area contributed by atoms with E-state index in [1.54, 1.807) is 19.2 Å². The summed E-state index contributed by atoms with van der Waals surface area (Å²) in [6.45, 7) is 4.13. The minimum atomic E-state index is -0.450. The number of aryl methyl sites for hydroxylation is 2. The van der Waals surface area contributed by atoms with E-state index in [0.717, 1.165) is 21.9 Å². The molecule has 0 saturated carbocycles. The van der Waals surface area contributed by atoms with Crippen molar-refractivity contribution >= 4 is 27.8 Å². The molecule has 6 heteroatoms. The molecule has 6 nitrogen and oxygen atoms in total. The Morgan fingerprint density at radius 2 is 1.86 bits per heavy atom. The second kappa shape index (κ2) is 6.88. The molecule has 0 fully saturated rings. The number of amides is 1. The molecular weight excluding hydrogens is 358 g/mol. The third-order valence-electron chi connectivity index (χ3n) is 4.84. The average Bonchev–Trinajstić information content (AvgIpc) is 3.11. The second-order valence-corrected chi connectivity index (χ2v) is 6.70. The molecular formula is C22H19NO5. The zero-order valence-corrected chi connectivity index (χ0v) is 15.8. The Kier molecular flexibility index (Phi) is 4.39. The van der Waals surface area contributed by atoms with E-state index in [1.165, 1.54) is 6.07 Å². The fourth-order valence-corrected chi connectivity index (χ4v) is 3.20. The van der Waals surface area contributed by atoms with Crippen LogP contribution < -0.4 is 15.7 Å². The van der Waals surface area contributed by atoms with Gasteiger partial charge in [0.05, 0.1) is 7.11 Å².